The lowest BCUT2D eigenvalue weighted by atomic mass is 9.95. The summed E-state index contributed by atoms with van der Waals surface area (Å²) in [5, 5.41) is 10.9. The summed E-state index contributed by atoms with van der Waals surface area (Å²) in [5.74, 6) is 1.79. The maximum Gasteiger partial charge on any atom is 0.191 e. The molecule has 0 aromatic carbocycles. The molecule has 3 N–H and O–H groups in total. The average molecular weight is 433 g/mol. The minimum Gasteiger partial charge on any atom is -0.354 e. The van der Waals surface area contributed by atoms with Gasteiger partial charge in [-0.25, -0.2) is 0 Å². The molecule has 0 saturated heterocycles. The maximum atomic E-state index is 5.41. The van der Waals surface area contributed by atoms with E-state index in [1.165, 1.54) is 64.2 Å². The van der Waals surface area contributed by atoms with Crippen molar-refractivity contribution in [1.82, 2.24) is 16.0 Å². The third kappa shape index (κ3) is 9.42. The molecule has 0 spiro atoms. The highest BCUT2D eigenvalue weighted by Crippen LogP contribution is 2.49. The number of nitrogens with one attached hydrogen (secondary N) is 3. The Bertz CT molecular complexity index is 421. The molecule has 2 saturated carbocycles. The first kappa shape index (κ1) is 24.7. The van der Waals surface area contributed by atoms with Crippen LogP contribution in [0.1, 0.15) is 70.6 Å². The highest BCUT2D eigenvalue weighted by atomic mass is 32.3. The van der Waals surface area contributed by atoms with Gasteiger partial charge in [-0.3, -0.25) is 17.5 Å². The molecular weight excluding hydrogens is 388 g/mol. The zero-order valence-corrected chi connectivity index (χ0v) is 19.7. The largest absolute Gasteiger partial charge is 0.354 e. The van der Waals surface area contributed by atoms with Crippen molar-refractivity contribution >= 4 is 16.8 Å². The summed E-state index contributed by atoms with van der Waals surface area (Å²) in [4.78, 5) is 4.87. The Morgan fingerprint density at radius 2 is 1.31 bits per heavy atom. The van der Waals surface area contributed by atoms with E-state index in [-0.39, 0.29) is 0 Å². The van der Waals surface area contributed by atoms with Gasteiger partial charge < -0.3 is 16.0 Å². The fourth-order valence-electron chi connectivity index (χ4n) is 4.21. The highest BCUT2D eigenvalue weighted by molar-refractivity contribution is 8.21. The van der Waals surface area contributed by atoms with Crippen LogP contribution >= 0.6 is 10.9 Å². The molecule has 172 valence electrons. The number of hydrogen-bond donors (Lipinski definition) is 3. The fourth-order valence-corrected chi connectivity index (χ4v) is 5.62. The lowest BCUT2D eigenvalue weighted by Gasteiger charge is -2.33. The molecule has 7 nitrogen and oxygen atoms in total. The van der Waals surface area contributed by atoms with Crippen molar-refractivity contribution in [2.24, 2.45) is 4.99 Å². The van der Waals surface area contributed by atoms with Gasteiger partial charge in [-0.15, -0.1) is 0 Å². The van der Waals surface area contributed by atoms with Crippen LogP contribution in [-0.4, -0.2) is 64.8 Å². The van der Waals surface area contributed by atoms with Gasteiger partial charge in [0.05, 0.1) is 38.7 Å². The van der Waals surface area contributed by atoms with Crippen LogP contribution < -0.4 is 16.0 Å². The lowest BCUT2D eigenvalue weighted by molar-refractivity contribution is 0.247. The molecular formula is C21H44N4O3S. The smallest absolute Gasteiger partial charge is 0.191 e. The summed E-state index contributed by atoms with van der Waals surface area (Å²) in [7, 11) is 3.09. The molecule has 0 unspecified atom stereocenters. The van der Waals surface area contributed by atoms with Gasteiger partial charge in [-0.2, -0.15) is 0 Å². The van der Waals surface area contributed by atoms with Gasteiger partial charge in [0.1, 0.15) is 0 Å². The molecule has 2 aliphatic carbocycles. The summed E-state index contributed by atoms with van der Waals surface area (Å²) in [6.45, 7) is 2.56. The van der Waals surface area contributed by atoms with Crippen LogP contribution in [-0.2, 0) is 12.5 Å². The van der Waals surface area contributed by atoms with Gasteiger partial charge in [0.2, 0.25) is 0 Å². The van der Waals surface area contributed by atoms with Gasteiger partial charge in [-0.05, 0) is 38.6 Å². The van der Waals surface area contributed by atoms with Crippen LogP contribution in [0.4, 0.5) is 0 Å². The second kappa shape index (κ2) is 14.5. The Morgan fingerprint density at radius 3 is 1.79 bits per heavy atom. The van der Waals surface area contributed by atoms with E-state index in [1.54, 1.807) is 21.3 Å². The second-order valence-corrected chi connectivity index (χ2v) is 10.6. The van der Waals surface area contributed by atoms with Crippen LogP contribution in [0, 0.1) is 0 Å². The average Bonchev–Trinajstić information content (AvgIpc) is 2.77. The summed E-state index contributed by atoms with van der Waals surface area (Å²) >= 11 is 0. The number of rotatable bonds is 12. The summed E-state index contributed by atoms with van der Waals surface area (Å²) in [6.07, 6.45) is 14.1. The number of aliphatic imine (C=N–C) groups is 1. The molecule has 29 heavy (non-hydrogen) atoms. The van der Waals surface area contributed by atoms with Crippen molar-refractivity contribution in [2.75, 3.05) is 46.7 Å². The zero-order valence-electron chi connectivity index (χ0n) is 18.8. The minimum atomic E-state index is -1.84. The molecule has 0 heterocycles. The standard InChI is InChI=1S/C21H44N4O3S/c1-26-29(27-2,28-3)18-10-15-22-16-17-23-21(24-19-11-6-4-7-12-19)25-20-13-8-5-9-14-20/h19-20,22H,4-18H2,1-3H3,(H2,23,24,25). The highest BCUT2D eigenvalue weighted by Gasteiger charge is 2.22. The summed E-state index contributed by atoms with van der Waals surface area (Å²) in [6, 6.07) is 1.17. The third-order valence-electron chi connectivity index (χ3n) is 5.96. The molecule has 0 atom stereocenters. The molecule has 0 aromatic heterocycles. The van der Waals surface area contributed by atoms with E-state index in [9.17, 15) is 0 Å². The van der Waals surface area contributed by atoms with Gasteiger partial charge in [0.25, 0.3) is 0 Å². The van der Waals surface area contributed by atoms with E-state index in [1.807, 2.05) is 0 Å². The SMILES string of the molecule is COS(CCCNCCN=C(NC1CCCCC1)NC1CCCCC1)(OC)OC. The van der Waals surface area contributed by atoms with Crippen LogP contribution in [0.2, 0.25) is 0 Å². The van der Waals surface area contributed by atoms with Crippen LogP contribution in [0.5, 0.6) is 0 Å². The van der Waals surface area contributed by atoms with Crippen LogP contribution in [0.3, 0.4) is 0 Å². The van der Waals surface area contributed by atoms with Gasteiger partial charge in [-0.1, -0.05) is 38.5 Å². The molecule has 0 amide bonds. The fraction of sp³-hybridized carbons (Fsp3) is 0.952. The minimum absolute atomic E-state index is 0.583. The first-order valence-corrected chi connectivity index (χ1v) is 13.0. The van der Waals surface area contributed by atoms with Crippen molar-refractivity contribution in [3.63, 3.8) is 0 Å². The van der Waals surface area contributed by atoms with E-state index in [0.29, 0.717) is 12.1 Å². The number of nitrogens with zero attached hydrogens (tertiary/aromatic N) is 1. The Kier molecular flexibility index (Phi) is 12.3. The predicted octanol–water partition coefficient (Wildman–Crippen LogP) is 3.66. The Morgan fingerprint density at radius 1 is 0.793 bits per heavy atom. The van der Waals surface area contributed by atoms with E-state index in [0.717, 1.165) is 37.8 Å². The monoisotopic (exact) mass is 432 g/mol. The zero-order chi connectivity index (χ0) is 20.8. The Labute approximate surface area is 180 Å². The third-order valence-corrected chi connectivity index (χ3v) is 8.27. The van der Waals surface area contributed by atoms with E-state index < -0.39 is 10.9 Å². The topological polar surface area (TPSA) is 76.1 Å². The normalized spacial score (nSPS) is 19.7. The second-order valence-electron chi connectivity index (χ2n) is 8.05. The van der Waals surface area contributed by atoms with Gasteiger partial charge in [0, 0.05) is 24.4 Å². The molecule has 0 aromatic rings. The number of hydrogen-bond acceptors (Lipinski definition) is 5. The number of guanidine groups is 1. The Balaban J connectivity index is 1.71. The lowest BCUT2D eigenvalue weighted by Crippen LogP contribution is -2.48. The van der Waals surface area contributed by atoms with Gasteiger partial charge in [0.15, 0.2) is 5.96 Å². The van der Waals surface area contributed by atoms with E-state index >= 15 is 0 Å². The maximum absolute atomic E-state index is 5.41. The summed E-state index contributed by atoms with van der Waals surface area (Å²) in [5.41, 5.74) is 0. The van der Waals surface area contributed by atoms with Crippen molar-refractivity contribution in [3.05, 3.63) is 0 Å². The molecule has 0 bridgehead atoms. The van der Waals surface area contributed by atoms with Crippen molar-refractivity contribution in [1.29, 1.82) is 0 Å². The molecule has 8 heteroatoms. The van der Waals surface area contributed by atoms with E-state index in [4.69, 9.17) is 17.5 Å². The molecule has 2 aliphatic rings. The predicted molar refractivity (Wildman–Crippen MR) is 123 cm³/mol. The molecule has 0 aliphatic heterocycles. The first-order chi connectivity index (χ1) is 14.2. The van der Waals surface area contributed by atoms with Gasteiger partial charge >= 0.3 is 0 Å². The van der Waals surface area contributed by atoms with Crippen LogP contribution in [0.25, 0.3) is 0 Å². The molecule has 0 radical (unpaired) electrons. The van der Waals surface area contributed by atoms with Crippen molar-refractivity contribution in [3.8, 4) is 0 Å². The van der Waals surface area contributed by atoms with Crippen molar-refractivity contribution in [2.45, 2.75) is 82.7 Å². The Hall–Kier alpha value is -0.540. The quantitative estimate of drug-likeness (QED) is 0.248. The van der Waals surface area contributed by atoms with E-state index in [2.05, 4.69) is 16.0 Å². The first-order valence-electron chi connectivity index (χ1n) is 11.5. The summed E-state index contributed by atoms with van der Waals surface area (Å²) < 4.78 is 16.2. The molecule has 2 fully saturated rings. The van der Waals surface area contributed by atoms with Crippen molar-refractivity contribution < 1.29 is 12.5 Å². The van der Waals surface area contributed by atoms with Crippen LogP contribution in [0.15, 0.2) is 4.99 Å². The molecule has 2 rings (SSSR count).